The van der Waals surface area contributed by atoms with Crippen molar-refractivity contribution in [3.8, 4) is 0 Å². The lowest BCUT2D eigenvalue weighted by Crippen LogP contribution is -2.29. The van der Waals surface area contributed by atoms with Crippen molar-refractivity contribution >= 4 is 23.5 Å². The maximum Gasteiger partial charge on any atom is 0.321 e. The van der Waals surface area contributed by atoms with Gasteiger partial charge in [0.25, 0.3) is 0 Å². The third-order valence-electron chi connectivity index (χ3n) is 1.30. The molecule has 4 nitrogen and oxygen atoms in total. The molecule has 0 unspecified atom stereocenters. The molecule has 0 rings (SSSR count). The Balaban J connectivity index is 4.15. The topological polar surface area (TPSA) is 52.6 Å². The number of ether oxygens (including phenoxy) is 2. The average Bonchev–Trinajstić information content (AvgIpc) is 2.06. The molecule has 0 saturated carbocycles. The van der Waals surface area contributed by atoms with Crippen LogP contribution in [0.3, 0.4) is 0 Å². The summed E-state index contributed by atoms with van der Waals surface area (Å²) in [7, 11) is 0. The molecule has 0 amide bonds. The van der Waals surface area contributed by atoms with Gasteiger partial charge in [-0.3, -0.25) is 9.59 Å². The van der Waals surface area contributed by atoms with Crippen LogP contribution in [-0.4, -0.2) is 31.0 Å². The summed E-state index contributed by atoms with van der Waals surface area (Å²) in [6.07, 6.45) is 0. The van der Waals surface area contributed by atoms with Crippen molar-refractivity contribution in [2.75, 3.05) is 19.1 Å². The molecule has 0 N–H and O–H groups in total. The van der Waals surface area contributed by atoms with E-state index in [0.29, 0.717) is 0 Å². The van der Waals surface area contributed by atoms with Gasteiger partial charge in [-0.05, 0) is 13.8 Å². The van der Waals surface area contributed by atoms with Gasteiger partial charge in [-0.2, -0.15) is 0 Å². The first kappa shape index (κ1) is 12.2. The summed E-state index contributed by atoms with van der Waals surface area (Å²) in [5, 5.41) is 0. The zero-order valence-electron chi connectivity index (χ0n) is 7.71. The Bertz CT molecular complexity index is 163. The molecule has 0 aromatic heterocycles. The zero-order valence-corrected chi connectivity index (χ0v) is 8.47. The van der Waals surface area contributed by atoms with E-state index >= 15 is 0 Å². The summed E-state index contributed by atoms with van der Waals surface area (Å²) in [5.74, 6) is -2.37. The van der Waals surface area contributed by atoms with E-state index in [9.17, 15) is 9.59 Å². The number of esters is 2. The van der Waals surface area contributed by atoms with Gasteiger partial charge in [-0.25, -0.2) is 0 Å². The van der Waals surface area contributed by atoms with Crippen molar-refractivity contribution in [1.29, 1.82) is 0 Å². The molecule has 0 aliphatic carbocycles. The summed E-state index contributed by atoms with van der Waals surface area (Å²) in [4.78, 5) is 22.2. The monoisotopic (exact) mass is 208 g/mol. The van der Waals surface area contributed by atoms with E-state index in [1.165, 1.54) is 0 Å². The molecular weight excluding hydrogens is 196 g/mol. The molecule has 13 heavy (non-hydrogen) atoms. The maximum absolute atomic E-state index is 11.1. The Kier molecular flexibility index (Phi) is 6.32. The molecule has 0 aliphatic rings. The fourth-order valence-electron chi connectivity index (χ4n) is 0.708. The Morgan fingerprint density at radius 2 is 1.54 bits per heavy atom. The molecule has 76 valence electrons. The molecule has 0 radical (unpaired) electrons. The van der Waals surface area contributed by atoms with Crippen molar-refractivity contribution in [3.05, 3.63) is 0 Å². The minimum absolute atomic E-state index is 0.113. The molecule has 0 aromatic carbocycles. The lowest BCUT2D eigenvalue weighted by atomic mass is 10.2. The molecule has 0 atom stereocenters. The van der Waals surface area contributed by atoms with Gasteiger partial charge >= 0.3 is 11.9 Å². The first-order valence-corrected chi connectivity index (χ1v) is 4.60. The van der Waals surface area contributed by atoms with Gasteiger partial charge in [0.1, 0.15) is 0 Å². The first-order chi connectivity index (χ1) is 6.17. The lowest BCUT2D eigenvalue weighted by Gasteiger charge is -2.10. The minimum Gasteiger partial charge on any atom is -0.465 e. The molecule has 0 spiro atoms. The third-order valence-corrected chi connectivity index (χ3v) is 1.61. The summed E-state index contributed by atoms with van der Waals surface area (Å²) < 4.78 is 9.28. The highest BCUT2D eigenvalue weighted by molar-refractivity contribution is 6.21. The third kappa shape index (κ3) is 4.12. The summed E-state index contributed by atoms with van der Waals surface area (Å²) in [6, 6.07) is 0. The van der Waals surface area contributed by atoms with Crippen molar-refractivity contribution in [2.45, 2.75) is 13.8 Å². The van der Waals surface area contributed by atoms with Gasteiger partial charge in [0.15, 0.2) is 5.92 Å². The predicted octanol–water partition coefficient (Wildman–Crippen LogP) is 0.968. The zero-order chi connectivity index (χ0) is 10.3. The van der Waals surface area contributed by atoms with E-state index in [0.717, 1.165) is 0 Å². The SMILES string of the molecule is CCOC(=O)C(CCl)C(=O)OCC. The Morgan fingerprint density at radius 1 is 1.15 bits per heavy atom. The second-order valence-electron chi connectivity index (χ2n) is 2.21. The van der Waals surface area contributed by atoms with Crippen LogP contribution in [0.1, 0.15) is 13.8 Å². The van der Waals surface area contributed by atoms with Crippen LogP contribution in [-0.2, 0) is 19.1 Å². The van der Waals surface area contributed by atoms with Gasteiger partial charge in [0.2, 0.25) is 0 Å². The lowest BCUT2D eigenvalue weighted by molar-refractivity contribution is -0.160. The Morgan fingerprint density at radius 3 is 1.77 bits per heavy atom. The van der Waals surface area contributed by atoms with E-state index in [4.69, 9.17) is 11.6 Å². The van der Waals surface area contributed by atoms with Crippen molar-refractivity contribution in [2.24, 2.45) is 5.92 Å². The molecule has 0 bridgehead atoms. The van der Waals surface area contributed by atoms with Crippen LogP contribution in [0.2, 0.25) is 0 Å². The molecule has 0 aromatic rings. The molecule has 0 saturated heterocycles. The summed E-state index contributed by atoms with van der Waals surface area (Å²) >= 11 is 5.43. The van der Waals surface area contributed by atoms with Crippen LogP contribution >= 0.6 is 11.6 Å². The highest BCUT2D eigenvalue weighted by atomic mass is 35.5. The fraction of sp³-hybridized carbons (Fsp3) is 0.750. The summed E-state index contributed by atoms with van der Waals surface area (Å²) in [5.41, 5.74) is 0. The van der Waals surface area contributed by atoms with Crippen LogP contribution in [0.5, 0.6) is 0 Å². The van der Waals surface area contributed by atoms with Crippen LogP contribution in [0.4, 0.5) is 0 Å². The number of carbonyl (C=O) groups is 2. The predicted molar refractivity (Wildman–Crippen MR) is 47.5 cm³/mol. The molecule has 0 aliphatic heterocycles. The van der Waals surface area contributed by atoms with E-state index in [2.05, 4.69) is 9.47 Å². The number of rotatable bonds is 5. The Labute approximate surface area is 82.1 Å². The molecule has 0 fully saturated rings. The average molecular weight is 209 g/mol. The van der Waals surface area contributed by atoms with E-state index in [-0.39, 0.29) is 19.1 Å². The standard InChI is InChI=1S/C8H13ClO4/c1-3-12-7(10)6(5-9)8(11)13-4-2/h6H,3-5H2,1-2H3. The largest absolute Gasteiger partial charge is 0.465 e. The number of hydrogen-bond acceptors (Lipinski definition) is 4. The van der Waals surface area contributed by atoms with Gasteiger partial charge in [-0.15, -0.1) is 11.6 Å². The van der Waals surface area contributed by atoms with Gasteiger partial charge in [0.05, 0.1) is 13.2 Å². The van der Waals surface area contributed by atoms with Crippen molar-refractivity contribution in [3.63, 3.8) is 0 Å². The number of halogens is 1. The second-order valence-corrected chi connectivity index (χ2v) is 2.52. The Hall–Kier alpha value is -0.770. The van der Waals surface area contributed by atoms with Crippen LogP contribution in [0.15, 0.2) is 0 Å². The number of carbonyl (C=O) groups excluding carboxylic acids is 2. The van der Waals surface area contributed by atoms with E-state index in [1.54, 1.807) is 13.8 Å². The fourth-order valence-corrected chi connectivity index (χ4v) is 0.960. The van der Waals surface area contributed by atoms with Crippen LogP contribution in [0.25, 0.3) is 0 Å². The normalized spacial score (nSPS) is 9.85. The van der Waals surface area contributed by atoms with Gasteiger partial charge in [-0.1, -0.05) is 0 Å². The number of alkyl halides is 1. The molecule has 5 heteroatoms. The van der Waals surface area contributed by atoms with Crippen molar-refractivity contribution in [1.82, 2.24) is 0 Å². The quantitative estimate of drug-likeness (QED) is 0.384. The van der Waals surface area contributed by atoms with Crippen molar-refractivity contribution < 1.29 is 19.1 Å². The smallest absolute Gasteiger partial charge is 0.321 e. The molecular formula is C8H13ClO4. The summed E-state index contributed by atoms with van der Waals surface area (Å²) in [6.45, 7) is 3.78. The van der Waals surface area contributed by atoms with E-state index < -0.39 is 17.9 Å². The highest BCUT2D eigenvalue weighted by Crippen LogP contribution is 2.05. The minimum atomic E-state index is -0.999. The van der Waals surface area contributed by atoms with Crippen LogP contribution < -0.4 is 0 Å². The number of hydrogen-bond donors (Lipinski definition) is 0. The van der Waals surface area contributed by atoms with Crippen LogP contribution in [0, 0.1) is 5.92 Å². The van der Waals surface area contributed by atoms with Gasteiger partial charge < -0.3 is 9.47 Å². The first-order valence-electron chi connectivity index (χ1n) is 4.06. The maximum atomic E-state index is 11.1. The van der Waals surface area contributed by atoms with Gasteiger partial charge in [0, 0.05) is 5.88 Å². The second kappa shape index (κ2) is 6.71. The van der Waals surface area contributed by atoms with E-state index in [1.807, 2.05) is 0 Å². The highest BCUT2D eigenvalue weighted by Gasteiger charge is 2.28. The molecule has 0 heterocycles.